The highest BCUT2D eigenvalue weighted by atomic mass is 19.3. The number of halogens is 2. The highest BCUT2D eigenvalue weighted by Gasteiger charge is 2.55. The average Bonchev–Trinajstić information content (AvgIpc) is 3.09. The molecule has 2 fully saturated rings. The Morgan fingerprint density at radius 2 is 1.85 bits per heavy atom. The number of likely N-dealkylation sites (tertiary alicyclic amines) is 1. The van der Waals surface area contributed by atoms with Gasteiger partial charge in [-0.05, 0) is 46.5 Å². The molecule has 118 valence electrons. The van der Waals surface area contributed by atoms with Crippen molar-refractivity contribution in [3.05, 3.63) is 0 Å². The van der Waals surface area contributed by atoms with Crippen LogP contribution in [0.15, 0.2) is 0 Å². The van der Waals surface area contributed by atoms with E-state index in [1.165, 1.54) is 0 Å². The number of ether oxygens (including phenoxy) is 1. The molecule has 1 aliphatic carbocycles. The van der Waals surface area contributed by atoms with Crippen LogP contribution in [0.4, 0.5) is 13.6 Å². The number of rotatable bonds is 1. The van der Waals surface area contributed by atoms with Crippen LogP contribution in [0, 0.1) is 5.92 Å². The third-order valence-electron chi connectivity index (χ3n) is 3.74. The summed E-state index contributed by atoms with van der Waals surface area (Å²) in [5, 5.41) is 0. The molecule has 0 bridgehead atoms. The molecule has 2 aliphatic rings. The lowest BCUT2D eigenvalue weighted by atomic mass is 9.89. The fourth-order valence-electron chi connectivity index (χ4n) is 2.67. The van der Waals surface area contributed by atoms with Crippen molar-refractivity contribution in [1.29, 1.82) is 0 Å². The minimum Gasteiger partial charge on any atom is -0.444 e. The summed E-state index contributed by atoms with van der Waals surface area (Å²) in [5.74, 6) is -0.564. The van der Waals surface area contributed by atoms with Crippen molar-refractivity contribution in [3.8, 4) is 0 Å². The number of nitrogens with zero attached hydrogens (tertiary/aromatic N) is 1. The van der Waals surface area contributed by atoms with Crippen molar-refractivity contribution in [2.75, 3.05) is 6.54 Å². The quantitative estimate of drug-likeness (QED) is 0.714. The van der Waals surface area contributed by atoms with Crippen molar-refractivity contribution in [1.82, 2.24) is 4.90 Å². The molecule has 5 heteroatoms. The summed E-state index contributed by atoms with van der Waals surface area (Å²) in [5.41, 5.74) is -0.867. The molecule has 1 spiro atoms. The van der Waals surface area contributed by atoms with E-state index in [0.717, 1.165) is 12.8 Å². The molecule has 0 aromatic carbocycles. The SMILES string of the molecule is CC.CC(C)(C)OC(=O)N1CCC(C(F)F)CC12CC2. The lowest BCUT2D eigenvalue weighted by Crippen LogP contribution is -2.50. The fourth-order valence-corrected chi connectivity index (χ4v) is 2.67. The Bertz CT molecular complexity index is 335. The molecule has 0 aromatic heterocycles. The Balaban J connectivity index is 0.000000956. The van der Waals surface area contributed by atoms with Gasteiger partial charge in [0.25, 0.3) is 0 Å². The first-order valence-electron chi connectivity index (χ1n) is 7.52. The van der Waals surface area contributed by atoms with Crippen LogP contribution in [0.2, 0.25) is 0 Å². The molecule has 1 amide bonds. The van der Waals surface area contributed by atoms with Gasteiger partial charge in [-0.2, -0.15) is 0 Å². The predicted molar refractivity (Wildman–Crippen MR) is 75.0 cm³/mol. The van der Waals surface area contributed by atoms with Crippen LogP contribution >= 0.6 is 0 Å². The van der Waals surface area contributed by atoms with Gasteiger partial charge >= 0.3 is 6.09 Å². The van der Waals surface area contributed by atoms with Crippen LogP contribution < -0.4 is 0 Å². The molecule has 0 radical (unpaired) electrons. The average molecular weight is 291 g/mol. The monoisotopic (exact) mass is 291 g/mol. The lowest BCUT2D eigenvalue weighted by Gasteiger charge is -2.40. The largest absolute Gasteiger partial charge is 0.444 e. The maximum Gasteiger partial charge on any atom is 0.410 e. The second-order valence-electron chi connectivity index (χ2n) is 6.44. The minimum absolute atomic E-state index is 0.332. The molecular weight excluding hydrogens is 264 g/mol. The summed E-state index contributed by atoms with van der Waals surface area (Å²) in [6.07, 6.45) is -0.177. The zero-order valence-corrected chi connectivity index (χ0v) is 13.2. The number of amides is 1. The Labute approximate surface area is 120 Å². The molecule has 3 nitrogen and oxygen atoms in total. The van der Waals surface area contributed by atoms with Gasteiger partial charge in [0, 0.05) is 18.0 Å². The molecule has 0 N–H and O–H groups in total. The summed E-state index contributed by atoms with van der Waals surface area (Å²) in [6, 6.07) is 0. The summed E-state index contributed by atoms with van der Waals surface area (Å²) in [4.78, 5) is 13.7. The van der Waals surface area contributed by atoms with Crippen LogP contribution in [0.1, 0.15) is 60.3 Å². The Hall–Kier alpha value is -0.870. The molecule has 1 atom stereocenters. The first-order chi connectivity index (χ1) is 9.23. The zero-order chi connectivity index (χ0) is 15.6. The van der Waals surface area contributed by atoms with Gasteiger partial charge < -0.3 is 9.64 Å². The molecule has 1 saturated heterocycles. The summed E-state index contributed by atoms with van der Waals surface area (Å²) >= 11 is 0. The highest BCUT2D eigenvalue weighted by Crippen LogP contribution is 2.51. The van der Waals surface area contributed by atoms with Gasteiger partial charge in [-0.25, -0.2) is 13.6 Å². The van der Waals surface area contributed by atoms with Crippen molar-refractivity contribution >= 4 is 6.09 Å². The molecule has 1 aliphatic heterocycles. The molecule has 1 heterocycles. The molecule has 0 aromatic rings. The van der Waals surface area contributed by atoms with Gasteiger partial charge in [-0.1, -0.05) is 13.8 Å². The number of carbonyl (C=O) groups excluding carboxylic acids is 1. The number of carbonyl (C=O) groups is 1. The van der Waals surface area contributed by atoms with Crippen LogP contribution in [0.3, 0.4) is 0 Å². The van der Waals surface area contributed by atoms with E-state index in [1.807, 2.05) is 34.6 Å². The van der Waals surface area contributed by atoms with E-state index in [1.54, 1.807) is 4.90 Å². The minimum atomic E-state index is -2.27. The van der Waals surface area contributed by atoms with Crippen molar-refractivity contribution < 1.29 is 18.3 Å². The van der Waals surface area contributed by atoms with Crippen LogP contribution in [-0.4, -0.2) is 35.1 Å². The van der Waals surface area contributed by atoms with Crippen molar-refractivity contribution in [3.63, 3.8) is 0 Å². The van der Waals surface area contributed by atoms with Gasteiger partial charge in [0.05, 0.1) is 0 Å². The first-order valence-corrected chi connectivity index (χ1v) is 7.52. The summed E-state index contributed by atoms with van der Waals surface area (Å²) in [7, 11) is 0. The van der Waals surface area contributed by atoms with E-state index < -0.39 is 17.9 Å². The fraction of sp³-hybridized carbons (Fsp3) is 0.933. The number of hydrogen-bond donors (Lipinski definition) is 0. The van der Waals surface area contributed by atoms with Gasteiger partial charge in [0.1, 0.15) is 5.60 Å². The van der Waals surface area contributed by atoms with Crippen LogP contribution in [0.5, 0.6) is 0 Å². The maximum atomic E-state index is 12.8. The predicted octanol–water partition coefficient (Wildman–Crippen LogP) is 4.46. The maximum absolute atomic E-state index is 12.8. The van der Waals surface area contributed by atoms with E-state index in [0.29, 0.717) is 19.4 Å². The van der Waals surface area contributed by atoms with E-state index in [-0.39, 0.29) is 11.6 Å². The first kappa shape index (κ1) is 17.2. The zero-order valence-electron chi connectivity index (χ0n) is 13.2. The van der Waals surface area contributed by atoms with E-state index in [9.17, 15) is 13.6 Å². The van der Waals surface area contributed by atoms with Gasteiger partial charge in [-0.15, -0.1) is 0 Å². The molecule has 2 rings (SSSR count). The van der Waals surface area contributed by atoms with Gasteiger partial charge in [-0.3, -0.25) is 0 Å². The van der Waals surface area contributed by atoms with Crippen molar-refractivity contribution in [2.24, 2.45) is 5.92 Å². The summed E-state index contributed by atoms with van der Waals surface area (Å²) in [6.45, 7) is 9.84. The Morgan fingerprint density at radius 3 is 2.25 bits per heavy atom. The van der Waals surface area contributed by atoms with Gasteiger partial charge in [0.15, 0.2) is 0 Å². The third-order valence-corrected chi connectivity index (χ3v) is 3.74. The standard InChI is InChI=1S/C13H21F2NO2.C2H6/c1-12(2,3)18-11(17)16-7-4-9(10(14)15)8-13(16)5-6-13;1-2/h9-10H,4-8H2,1-3H3;1-2H3. The Kier molecular flexibility index (Phi) is 5.39. The molecule has 20 heavy (non-hydrogen) atoms. The second kappa shape index (κ2) is 6.27. The summed E-state index contributed by atoms with van der Waals surface area (Å²) < 4.78 is 30.9. The van der Waals surface area contributed by atoms with Gasteiger partial charge in [0.2, 0.25) is 6.43 Å². The van der Waals surface area contributed by atoms with Crippen LogP contribution in [0.25, 0.3) is 0 Å². The highest BCUT2D eigenvalue weighted by molar-refractivity contribution is 5.70. The van der Waals surface area contributed by atoms with E-state index in [2.05, 4.69) is 0 Å². The second-order valence-corrected chi connectivity index (χ2v) is 6.44. The number of hydrogen-bond acceptors (Lipinski definition) is 2. The third kappa shape index (κ3) is 4.06. The smallest absolute Gasteiger partial charge is 0.410 e. The molecular formula is C15H27F2NO2. The van der Waals surface area contributed by atoms with Crippen LogP contribution in [-0.2, 0) is 4.74 Å². The lowest BCUT2D eigenvalue weighted by molar-refractivity contribution is -0.0230. The topological polar surface area (TPSA) is 29.5 Å². The number of piperidine rings is 1. The Morgan fingerprint density at radius 1 is 1.30 bits per heavy atom. The molecule has 1 unspecified atom stereocenters. The van der Waals surface area contributed by atoms with E-state index in [4.69, 9.17) is 4.74 Å². The normalized spacial score (nSPS) is 24.2. The number of alkyl halides is 2. The van der Waals surface area contributed by atoms with E-state index >= 15 is 0 Å². The van der Waals surface area contributed by atoms with Crippen molar-refractivity contribution in [2.45, 2.75) is 77.9 Å². The molecule has 1 saturated carbocycles.